The van der Waals surface area contributed by atoms with Crippen LogP contribution in [0.3, 0.4) is 0 Å². The van der Waals surface area contributed by atoms with E-state index < -0.39 is 11.7 Å². The summed E-state index contributed by atoms with van der Waals surface area (Å²) >= 11 is 3.04. The Morgan fingerprint density at radius 3 is 2.00 bits per heavy atom. The lowest BCUT2D eigenvalue weighted by Crippen LogP contribution is -2.36. The molecule has 0 rings (SSSR count). The Kier molecular flexibility index (Phi) is 2.94. The number of aliphatic hydroxyl groups excluding tert-OH is 1. The summed E-state index contributed by atoms with van der Waals surface area (Å²) in [6, 6.07) is 0. The van der Waals surface area contributed by atoms with Crippen molar-refractivity contribution in [2.75, 3.05) is 5.33 Å². The molecule has 0 aliphatic heterocycles. The summed E-state index contributed by atoms with van der Waals surface area (Å²) < 4.78 is 0. The van der Waals surface area contributed by atoms with Gasteiger partial charge < -0.3 is 10.2 Å². The van der Waals surface area contributed by atoms with E-state index in [-0.39, 0.29) is 0 Å². The van der Waals surface area contributed by atoms with E-state index in [1.165, 1.54) is 0 Å². The molecule has 1 atom stereocenters. The molecule has 3 heteroatoms. The highest BCUT2D eigenvalue weighted by Crippen LogP contribution is 2.09. The van der Waals surface area contributed by atoms with Crippen LogP contribution in [-0.4, -0.2) is 27.2 Å². The number of hydrogen-bond acceptors (Lipinski definition) is 2. The molecule has 8 heavy (non-hydrogen) atoms. The Balaban J connectivity index is 3.62. The fraction of sp³-hybridized carbons (Fsp3) is 1.00. The highest BCUT2D eigenvalue weighted by Gasteiger charge is 2.22. The topological polar surface area (TPSA) is 40.5 Å². The van der Waals surface area contributed by atoms with Gasteiger partial charge in [0.05, 0.1) is 11.7 Å². The first-order valence-corrected chi connectivity index (χ1v) is 3.57. The zero-order valence-corrected chi connectivity index (χ0v) is 6.64. The van der Waals surface area contributed by atoms with Crippen LogP contribution in [0.1, 0.15) is 13.8 Å². The van der Waals surface area contributed by atoms with Crippen LogP contribution in [0.5, 0.6) is 0 Å². The molecule has 0 aliphatic carbocycles. The molecule has 0 bridgehead atoms. The van der Waals surface area contributed by atoms with Crippen LogP contribution in [0, 0.1) is 0 Å². The molecular formula is C5H11BrO2. The van der Waals surface area contributed by atoms with Gasteiger partial charge in [-0.2, -0.15) is 0 Å². The van der Waals surface area contributed by atoms with Crippen LogP contribution < -0.4 is 0 Å². The Labute approximate surface area is 57.7 Å². The second-order valence-electron chi connectivity index (χ2n) is 2.32. The van der Waals surface area contributed by atoms with Gasteiger partial charge in [0.2, 0.25) is 0 Å². The minimum atomic E-state index is -0.983. The molecule has 0 heterocycles. The van der Waals surface area contributed by atoms with Crippen molar-refractivity contribution in [3.63, 3.8) is 0 Å². The zero-order valence-electron chi connectivity index (χ0n) is 5.06. The smallest absolute Gasteiger partial charge is 0.0918 e. The lowest BCUT2D eigenvalue weighted by Gasteiger charge is -2.21. The predicted octanol–water partition coefficient (Wildman–Crippen LogP) is 0.513. The first kappa shape index (κ1) is 8.40. The highest BCUT2D eigenvalue weighted by atomic mass is 79.9. The minimum Gasteiger partial charge on any atom is -0.389 e. The van der Waals surface area contributed by atoms with E-state index >= 15 is 0 Å². The van der Waals surface area contributed by atoms with Crippen molar-refractivity contribution in [3.8, 4) is 0 Å². The predicted molar refractivity (Wildman–Crippen MR) is 36.1 cm³/mol. The van der Waals surface area contributed by atoms with Crippen molar-refractivity contribution in [2.45, 2.75) is 25.6 Å². The second kappa shape index (κ2) is 2.80. The molecule has 2 nitrogen and oxygen atoms in total. The summed E-state index contributed by atoms with van der Waals surface area (Å²) in [6.45, 7) is 3.14. The van der Waals surface area contributed by atoms with Gasteiger partial charge in [-0.15, -0.1) is 0 Å². The van der Waals surface area contributed by atoms with Crippen LogP contribution >= 0.6 is 15.9 Å². The van der Waals surface area contributed by atoms with Gasteiger partial charge in [0.15, 0.2) is 0 Å². The maximum Gasteiger partial charge on any atom is 0.0918 e. The van der Waals surface area contributed by atoms with Crippen molar-refractivity contribution in [2.24, 2.45) is 0 Å². The largest absolute Gasteiger partial charge is 0.389 e. The Morgan fingerprint density at radius 1 is 1.62 bits per heavy atom. The molecule has 0 aliphatic rings. The van der Waals surface area contributed by atoms with Crippen molar-refractivity contribution in [1.82, 2.24) is 0 Å². The number of halogens is 1. The van der Waals surface area contributed by atoms with E-state index in [0.29, 0.717) is 5.33 Å². The molecule has 0 aromatic rings. The summed E-state index contributed by atoms with van der Waals surface area (Å²) in [5.41, 5.74) is -0.983. The summed E-state index contributed by atoms with van der Waals surface area (Å²) in [5.74, 6) is 0. The average molecular weight is 183 g/mol. The van der Waals surface area contributed by atoms with Gasteiger partial charge >= 0.3 is 0 Å². The van der Waals surface area contributed by atoms with Crippen LogP contribution in [0.2, 0.25) is 0 Å². The van der Waals surface area contributed by atoms with Gasteiger partial charge in [-0.25, -0.2) is 0 Å². The van der Waals surface area contributed by atoms with Crippen molar-refractivity contribution in [1.29, 1.82) is 0 Å². The van der Waals surface area contributed by atoms with Gasteiger partial charge in [-0.1, -0.05) is 15.9 Å². The number of alkyl halides is 1. The van der Waals surface area contributed by atoms with Crippen LogP contribution in [0.15, 0.2) is 0 Å². The van der Waals surface area contributed by atoms with Gasteiger partial charge in [-0.05, 0) is 13.8 Å². The molecule has 2 N–H and O–H groups in total. The van der Waals surface area contributed by atoms with E-state index in [1.807, 2.05) is 0 Å². The maximum absolute atomic E-state index is 9.01. The summed E-state index contributed by atoms with van der Waals surface area (Å²) in [4.78, 5) is 0. The fourth-order valence-electron chi connectivity index (χ4n) is 0.189. The summed E-state index contributed by atoms with van der Waals surface area (Å²) in [6.07, 6.45) is -0.678. The van der Waals surface area contributed by atoms with Crippen LogP contribution in [0.4, 0.5) is 0 Å². The monoisotopic (exact) mass is 182 g/mol. The Morgan fingerprint density at radius 2 is 2.00 bits per heavy atom. The lowest BCUT2D eigenvalue weighted by molar-refractivity contribution is -0.0344. The molecule has 0 fully saturated rings. The summed E-state index contributed by atoms with van der Waals surface area (Å²) in [5, 5.41) is 18.3. The molecule has 0 aromatic heterocycles. The number of hydrogen-bond donors (Lipinski definition) is 2. The van der Waals surface area contributed by atoms with Crippen molar-refractivity contribution < 1.29 is 10.2 Å². The van der Waals surface area contributed by atoms with Gasteiger partial charge in [-0.3, -0.25) is 0 Å². The van der Waals surface area contributed by atoms with Crippen molar-refractivity contribution in [3.05, 3.63) is 0 Å². The third kappa shape index (κ3) is 2.64. The zero-order chi connectivity index (χ0) is 6.78. The second-order valence-corrected chi connectivity index (χ2v) is 2.97. The quantitative estimate of drug-likeness (QED) is 0.612. The first-order valence-electron chi connectivity index (χ1n) is 2.45. The van der Waals surface area contributed by atoms with Crippen LogP contribution in [-0.2, 0) is 0 Å². The molecule has 0 spiro atoms. The third-order valence-corrected chi connectivity index (χ3v) is 1.57. The molecule has 0 aromatic carbocycles. The van der Waals surface area contributed by atoms with Gasteiger partial charge in [0.1, 0.15) is 0 Å². The molecule has 0 radical (unpaired) electrons. The number of aliphatic hydroxyl groups is 2. The molecule has 0 amide bonds. The summed E-state index contributed by atoms with van der Waals surface area (Å²) in [7, 11) is 0. The molecule has 1 unspecified atom stereocenters. The van der Waals surface area contributed by atoms with E-state index in [1.54, 1.807) is 13.8 Å². The standard InChI is InChI=1S/C5H11BrO2/c1-5(2,8)4(7)3-6/h4,7-8H,3H2,1-2H3. The Hall–Kier alpha value is 0.400. The van der Waals surface area contributed by atoms with E-state index in [9.17, 15) is 0 Å². The van der Waals surface area contributed by atoms with Crippen LogP contribution in [0.25, 0.3) is 0 Å². The van der Waals surface area contributed by atoms with Gasteiger partial charge in [0, 0.05) is 5.33 Å². The molecular weight excluding hydrogens is 172 g/mol. The average Bonchev–Trinajstić information content (AvgIpc) is 1.62. The third-order valence-electron chi connectivity index (χ3n) is 0.962. The lowest BCUT2D eigenvalue weighted by atomic mass is 10.0. The highest BCUT2D eigenvalue weighted by molar-refractivity contribution is 9.09. The van der Waals surface area contributed by atoms with E-state index in [0.717, 1.165) is 0 Å². The Bertz CT molecular complexity index is 67.3. The van der Waals surface area contributed by atoms with Crippen molar-refractivity contribution >= 4 is 15.9 Å². The fourth-order valence-corrected chi connectivity index (χ4v) is 0.981. The molecule has 0 saturated heterocycles. The minimum absolute atomic E-state index is 0.413. The molecule has 50 valence electrons. The number of rotatable bonds is 2. The first-order chi connectivity index (χ1) is 3.48. The van der Waals surface area contributed by atoms with E-state index in [2.05, 4.69) is 15.9 Å². The van der Waals surface area contributed by atoms with E-state index in [4.69, 9.17) is 10.2 Å². The SMILES string of the molecule is CC(C)(O)C(O)CBr. The maximum atomic E-state index is 9.01. The molecule has 0 saturated carbocycles. The van der Waals surface area contributed by atoms with Gasteiger partial charge in [0.25, 0.3) is 0 Å². The normalized spacial score (nSPS) is 16.1.